The van der Waals surface area contributed by atoms with Crippen LogP contribution in [0.3, 0.4) is 0 Å². The van der Waals surface area contributed by atoms with E-state index in [-0.39, 0.29) is 12.4 Å². The Morgan fingerprint density at radius 1 is 1.39 bits per heavy atom. The number of halogens is 2. The zero-order valence-electron chi connectivity index (χ0n) is 9.48. The second kappa shape index (κ2) is 5.74. The highest BCUT2D eigenvalue weighted by Crippen LogP contribution is 2.23. The minimum absolute atomic E-state index is 0.0615. The molecule has 0 saturated carbocycles. The third-order valence-electron chi connectivity index (χ3n) is 2.64. The van der Waals surface area contributed by atoms with Gasteiger partial charge >= 0.3 is 5.97 Å². The molecule has 0 amide bonds. The molecule has 96 valence electrons. The van der Waals surface area contributed by atoms with E-state index in [0.29, 0.717) is 16.5 Å². The SMILES string of the molecule is O=C1C[C@@H](O)C[C@H](C=Cc2ccc(Cl)cc2Cl)O1. The topological polar surface area (TPSA) is 46.5 Å². The van der Waals surface area contributed by atoms with Gasteiger partial charge in [-0.3, -0.25) is 4.79 Å². The quantitative estimate of drug-likeness (QED) is 0.850. The number of rotatable bonds is 2. The predicted octanol–water partition coefficient (Wildman–Crippen LogP) is 3.07. The van der Waals surface area contributed by atoms with E-state index in [4.69, 9.17) is 27.9 Å². The van der Waals surface area contributed by atoms with Gasteiger partial charge in [0.2, 0.25) is 0 Å². The van der Waals surface area contributed by atoms with Crippen LogP contribution < -0.4 is 0 Å². The number of aliphatic hydroxyl groups is 1. The van der Waals surface area contributed by atoms with E-state index in [1.807, 2.05) is 0 Å². The second-order valence-corrected chi connectivity index (χ2v) is 4.99. The van der Waals surface area contributed by atoms with Crippen molar-refractivity contribution in [2.24, 2.45) is 0 Å². The lowest BCUT2D eigenvalue weighted by molar-refractivity contribution is -0.156. The monoisotopic (exact) mass is 286 g/mol. The number of cyclic esters (lactones) is 1. The second-order valence-electron chi connectivity index (χ2n) is 4.15. The molecule has 0 aliphatic carbocycles. The summed E-state index contributed by atoms with van der Waals surface area (Å²) in [4.78, 5) is 11.1. The van der Waals surface area contributed by atoms with E-state index in [9.17, 15) is 9.90 Å². The Morgan fingerprint density at radius 3 is 2.83 bits per heavy atom. The van der Waals surface area contributed by atoms with Gasteiger partial charge in [0.1, 0.15) is 6.10 Å². The van der Waals surface area contributed by atoms with Crippen molar-refractivity contribution in [3.63, 3.8) is 0 Å². The van der Waals surface area contributed by atoms with Crippen LogP contribution in [0, 0.1) is 0 Å². The van der Waals surface area contributed by atoms with E-state index in [2.05, 4.69) is 0 Å². The van der Waals surface area contributed by atoms with E-state index < -0.39 is 12.2 Å². The molecule has 3 nitrogen and oxygen atoms in total. The Kier molecular flexibility index (Phi) is 4.27. The molecule has 0 bridgehead atoms. The molecule has 18 heavy (non-hydrogen) atoms. The molecule has 1 heterocycles. The van der Waals surface area contributed by atoms with Crippen LogP contribution in [0.5, 0.6) is 0 Å². The normalized spacial score (nSPS) is 24.3. The molecule has 2 atom stereocenters. The summed E-state index contributed by atoms with van der Waals surface area (Å²) in [7, 11) is 0. The third-order valence-corrected chi connectivity index (χ3v) is 3.20. The molecule has 1 aliphatic heterocycles. The first-order valence-electron chi connectivity index (χ1n) is 5.55. The van der Waals surface area contributed by atoms with E-state index in [1.165, 1.54) is 0 Å². The summed E-state index contributed by atoms with van der Waals surface area (Å²) < 4.78 is 5.09. The lowest BCUT2D eigenvalue weighted by atomic mass is 10.0. The molecule has 0 spiro atoms. The van der Waals surface area contributed by atoms with Crippen LogP contribution in [0.2, 0.25) is 10.0 Å². The standard InChI is InChI=1S/C13H12Cl2O3/c14-9-3-1-8(12(15)5-9)2-4-11-6-10(16)7-13(17)18-11/h1-5,10-11,16H,6-7H2/t10-,11-/m0/s1. The fourth-order valence-electron chi connectivity index (χ4n) is 1.77. The number of ether oxygens (including phenoxy) is 1. The van der Waals surface area contributed by atoms with E-state index in [1.54, 1.807) is 30.4 Å². The molecule has 0 radical (unpaired) electrons. The minimum atomic E-state index is -0.637. The molecule has 0 unspecified atom stereocenters. The minimum Gasteiger partial charge on any atom is -0.458 e. The molecule has 0 aromatic heterocycles. The summed E-state index contributed by atoms with van der Waals surface area (Å²) in [5, 5.41) is 10.6. The first kappa shape index (κ1) is 13.4. The highest BCUT2D eigenvalue weighted by Gasteiger charge is 2.25. The zero-order valence-corrected chi connectivity index (χ0v) is 11.0. The summed E-state index contributed by atoms with van der Waals surface area (Å²) in [5.74, 6) is -0.384. The van der Waals surface area contributed by atoms with Gasteiger partial charge in [-0.05, 0) is 23.8 Å². The molecular formula is C13H12Cl2O3. The van der Waals surface area contributed by atoms with Crippen molar-refractivity contribution in [3.05, 3.63) is 39.9 Å². The predicted molar refractivity (Wildman–Crippen MR) is 70.6 cm³/mol. The van der Waals surface area contributed by atoms with Gasteiger partial charge in [-0.25, -0.2) is 0 Å². The van der Waals surface area contributed by atoms with Crippen molar-refractivity contribution < 1.29 is 14.6 Å². The number of benzene rings is 1. The maximum Gasteiger partial charge on any atom is 0.309 e. The largest absolute Gasteiger partial charge is 0.458 e. The molecule has 5 heteroatoms. The molecule has 2 rings (SSSR count). The Hall–Kier alpha value is -1.03. The Morgan fingerprint density at radius 2 is 2.17 bits per heavy atom. The Labute approximate surface area is 115 Å². The van der Waals surface area contributed by atoms with Gasteiger partial charge in [0.25, 0.3) is 0 Å². The van der Waals surface area contributed by atoms with E-state index >= 15 is 0 Å². The Balaban J connectivity index is 2.08. The smallest absolute Gasteiger partial charge is 0.309 e. The molecule has 1 N–H and O–H groups in total. The molecule has 1 saturated heterocycles. The highest BCUT2D eigenvalue weighted by molar-refractivity contribution is 6.35. The molecular weight excluding hydrogens is 275 g/mol. The van der Waals surface area contributed by atoms with Gasteiger partial charge in [-0.15, -0.1) is 0 Å². The number of esters is 1. The number of hydrogen-bond donors (Lipinski definition) is 1. The van der Waals surface area contributed by atoms with Crippen LogP contribution in [0.25, 0.3) is 6.08 Å². The number of hydrogen-bond acceptors (Lipinski definition) is 3. The maximum absolute atomic E-state index is 11.1. The summed E-state index contributed by atoms with van der Waals surface area (Å²) in [6.45, 7) is 0. The Bertz CT molecular complexity index is 485. The summed E-state index contributed by atoms with van der Waals surface area (Å²) >= 11 is 11.8. The average molecular weight is 287 g/mol. The van der Waals surface area contributed by atoms with Crippen molar-refractivity contribution >= 4 is 35.2 Å². The van der Waals surface area contributed by atoms with Gasteiger partial charge in [0.05, 0.1) is 12.5 Å². The summed E-state index contributed by atoms with van der Waals surface area (Å²) in [5.41, 5.74) is 0.789. The van der Waals surface area contributed by atoms with Crippen molar-refractivity contribution in [1.82, 2.24) is 0 Å². The van der Waals surface area contributed by atoms with Gasteiger partial charge in [0.15, 0.2) is 0 Å². The van der Waals surface area contributed by atoms with Crippen LogP contribution in [0.4, 0.5) is 0 Å². The molecule has 1 fully saturated rings. The number of aliphatic hydroxyl groups excluding tert-OH is 1. The zero-order chi connectivity index (χ0) is 13.1. The van der Waals surface area contributed by atoms with Crippen LogP contribution >= 0.6 is 23.2 Å². The van der Waals surface area contributed by atoms with Gasteiger partial charge in [0, 0.05) is 16.5 Å². The number of carbonyl (C=O) groups excluding carboxylic acids is 1. The molecule has 1 aromatic carbocycles. The van der Waals surface area contributed by atoms with Gasteiger partial charge < -0.3 is 9.84 Å². The fraction of sp³-hybridized carbons (Fsp3) is 0.308. The first-order valence-corrected chi connectivity index (χ1v) is 6.31. The van der Waals surface area contributed by atoms with Crippen molar-refractivity contribution in [2.45, 2.75) is 25.0 Å². The molecule has 1 aromatic rings. The highest BCUT2D eigenvalue weighted by atomic mass is 35.5. The molecule has 1 aliphatic rings. The number of carbonyl (C=O) groups is 1. The van der Waals surface area contributed by atoms with Crippen molar-refractivity contribution in [2.75, 3.05) is 0 Å². The maximum atomic E-state index is 11.1. The fourth-order valence-corrected chi connectivity index (χ4v) is 2.25. The van der Waals surface area contributed by atoms with Crippen LogP contribution in [-0.4, -0.2) is 23.3 Å². The van der Waals surface area contributed by atoms with Crippen molar-refractivity contribution in [1.29, 1.82) is 0 Å². The lowest BCUT2D eigenvalue weighted by Crippen LogP contribution is -2.31. The van der Waals surface area contributed by atoms with Crippen LogP contribution in [0.15, 0.2) is 24.3 Å². The average Bonchev–Trinajstić information content (AvgIpc) is 2.26. The van der Waals surface area contributed by atoms with E-state index in [0.717, 1.165) is 5.56 Å². The third kappa shape index (κ3) is 3.48. The van der Waals surface area contributed by atoms with Gasteiger partial charge in [-0.2, -0.15) is 0 Å². The lowest BCUT2D eigenvalue weighted by Gasteiger charge is -2.23. The summed E-state index contributed by atoms with van der Waals surface area (Å²) in [6, 6.07) is 5.15. The van der Waals surface area contributed by atoms with Crippen molar-refractivity contribution in [3.8, 4) is 0 Å². The first-order chi connectivity index (χ1) is 8.54. The van der Waals surface area contributed by atoms with Crippen LogP contribution in [0.1, 0.15) is 18.4 Å². The summed E-state index contributed by atoms with van der Waals surface area (Å²) in [6.07, 6.45) is 2.90. The van der Waals surface area contributed by atoms with Crippen LogP contribution in [-0.2, 0) is 9.53 Å². The van der Waals surface area contributed by atoms with Gasteiger partial charge in [-0.1, -0.05) is 35.3 Å².